The molecule has 2 N–H and O–H groups in total. The number of benzene rings is 3. The number of carbonyl (C=O) groups excluding carboxylic acids is 4. The van der Waals surface area contributed by atoms with Crippen LogP contribution in [0.1, 0.15) is 43.2 Å². The molecular formula is C36H32Cl2FN3O6. The lowest BCUT2D eigenvalue weighted by molar-refractivity contribution is -0.141. The third-order valence-corrected chi connectivity index (χ3v) is 11.0. The molecule has 0 bridgehead atoms. The Balaban J connectivity index is 1.47. The van der Waals surface area contributed by atoms with Crippen molar-refractivity contribution < 1.29 is 33.4 Å². The maximum atomic E-state index is 15.2. The number of ether oxygens (including phenoxy) is 1. The largest absolute Gasteiger partial charge is 0.505 e. The lowest BCUT2D eigenvalue weighted by atomic mass is 9.49. The zero-order valence-electron chi connectivity index (χ0n) is 26.1. The van der Waals surface area contributed by atoms with Crippen molar-refractivity contribution in [1.82, 2.24) is 9.91 Å². The SMILES string of the molecule is CCCN1C(=O)C2CC=C3C(CC4C(=O)N(Nc5ccc(Cl)cc5Cl)C(=O)C4(c4ccc(OC)cc4)C3c3cccc(F)c3O)C2C1=O. The van der Waals surface area contributed by atoms with Crippen molar-refractivity contribution in [2.24, 2.45) is 23.7 Å². The van der Waals surface area contributed by atoms with Gasteiger partial charge in [-0.15, -0.1) is 0 Å². The van der Waals surface area contributed by atoms with Gasteiger partial charge in [0.2, 0.25) is 11.8 Å². The molecule has 2 aliphatic heterocycles. The van der Waals surface area contributed by atoms with E-state index in [4.69, 9.17) is 27.9 Å². The van der Waals surface area contributed by atoms with Gasteiger partial charge in [-0.1, -0.05) is 66.0 Å². The number of likely N-dealkylation sites (tertiary alicyclic amines) is 1. The highest BCUT2D eigenvalue weighted by molar-refractivity contribution is 6.36. The van der Waals surface area contributed by atoms with E-state index in [-0.39, 0.29) is 47.5 Å². The van der Waals surface area contributed by atoms with E-state index >= 15 is 9.18 Å². The molecule has 248 valence electrons. The number of hydrogen-bond acceptors (Lipinski definition) is 7. The molecule has 0 aromatic heterocycles. The summed E-state index contributed by atoms with van der Waals surface area (Å²) in [6.45, 7) is 2.16. The Morgan fingerprint density at radius 1 is 1.00 bits per heavy atom. The van der Waals surface area contributed by atoms with E-state index < -0.39 is 58.4 Å². The van der Waals surface area contributed by atoms with Crippen LogP contribution in [0.5, 0.6) is 11.5 Å². The Morgan fingerprint density at radius 3 is 2.44 bits per heavy atom. The Hall–Kier alpha value is -4.41. The van der Waals surface area contributed by atoms with E-state index in [1.807, 2.05) is 13.0 Å². The van der Waals surface area contributed by atoms with Crippen LogP contribution in [0.25, 0.3) is 0 Å². The second-order valence-electron chi connectivity index (χ2n) is 12.7. The molecule has 1 saturated carbocycles. The van der Waals surface area contributed by atoms with Gasteiger partial charge in [-0.05, 0) is 67.1 Å². The third kappa shape index (κ3) is 4.56. The molecule has 3 fully saturated rings. The number of halogens is 3. The maximum absolute atomic E-state index is 15.2. The van der Waals surface area contributed by atoms with Crippen molar-refractivity contribution in [3.63, 3.8) is 0 Å². The van der Waals surface area contributed by atoms with Crippen LogP contribution >= 0.6 is 23.2 Å². The highest BCUT2D eigenvalue weighted by atomic mass is 35.5. The summed E-state index contributed by atoms with van der Waals surface area (Å²) >= 11 is 12.6. The van der Waals surface area contributed by atoms with Gasteiger partial charge < -0.3 is 9.84 Å². The highest BCUT2D eigenvalue weighted by Gasteiger charge is 2.70. The Morgan fingerprint density at radius 2 is 1.75 bits per heavy atom. The van der Waals surface area contributed by atoms with Crippen LogP contribution in [0.4, 0.5) is 10.1 Å². The van der Waals surface area contributed by atoms with Gasteiger partial charge in [0, 0.05) is 23.0 Å². The molecule has 3 aromatic rings. The number of hydrazine groups is 1. The van der Waals surface area contributed by atoms with Crippen LogP contribution < -0.4 is 10.2 Å². The zero-order chi connectivity index (χ0) is 34.1. The molecule has 2 aliphatic carbocycles. The van der Waals surface area contributed by atoms with E-state index in [1.54, 1.807) is 36.4 Å². The van der Waals surface area contributed by atoms with Crippen molar-refractivity contribution in [3.8, 4) is 11.5 Å². The lowest BCUT2D eigenvalue weighted by Gasteiger charge is -2.50. The molecule has 6 unspecified atom stereocenters. The van der Waals surface area contributed by atoms with Crippen LogP contribution in [0.15, 0.2) is 72.3 Å². The first kappa shape index (κ1) is 32.2. The van der Waals surface area contributed by atoms with E-state index in [0.29, 0.717) is 28.3 Å². The number of anilines is 1. The van der Waals surface area contributed by atoms with E-state index in [1.165, 1.54) is 30.2 Å². The van der Waals surface area contributed by atoms with Gasteiger partial charge in [0.1, 0.15) is 5.75 Å². The van der Waals surface area contributed by atoms with Gasteiger partial charge >= 0.3 is 0 Å². The normalized spacial score (nSPS) is 27.9. The van der Waals surface area contributed by atoms with Gasteiger partial charge in [0.15, 0.2) is 11.6 Å². The number of imide groups is 2. The summed E-state index contributed by atoms with van der Waals surface area (Å²) in [5, 5.41) is 12.8. The molecule has 2 heterocycles. The molecule has 0 radical (unpaired) electrons. The first-order chi connectivity index (χ1) is 23.0. The standard InChI is InChI=1S/C36H32Cl2FN3O6/c1-3-15-41-32(44)22-13-12-21-24(29(22)34(41)46)17-25-33(45)42(40-28-14-9-19(37)16-26(28)38)35(47)36(25,18-7-10-20(48-2)11-8-18)30(21)23-5-4-6-27(39)31(23)43/h4-12,14,16,22,24-25,29-30,40,43H,3,13,15,17H2,1-2H3. The number of nitrogens with zero attached hydrogens (tertiary/aromatic N) is 2. The van der Waals surface area contributed by atoms with E-state index in [9.17, 15) is 19.5 Å². The van der Waals surface area contributed by atoms with Crippen LogP contribution in [-0.2, 0) is 24.6 Å². The predicted octanol–water partition coefficient (Wildman–Crippen LogP) is 6.24. The number of phenols is 1. The number of hydrogen-bond donors (Lipinski definition) is 2. The molecule has 2 saturated heterocycles. The van der Waals surface area contributed by atoms with Gasteiger partial charge in [-0.25, -0.2) is 4.39 Å². The number of carbonyl (C=O) groups is 4. The van der Waals surface area contributed by atoms with E-state index in [2.05, 4.69) is 5.43 Å². The minimum absolute atomic E-state index is 0.0572. The summed E-state index contributed by atoms with van der Waals surface area (Å²) in [4.78, 5) is 58.5. The summed E-state index contributed by atoms with van der Waals surface area (Å²) in [7, 11) is 1.51. The number of amides is 4. The molecule has 4 amide bonds. The van der Waals surface area contributed by atoms with Gasteiger partial charge in [-0.3, -0.25) is 29.5 Å². The molecule has 3 aromatic carbocycles. The Labute approximate surface area is 286 Å². The molecule has 7 rings (SSSR count). The minimum Gasteiger partial charge on any atom is -0.505 e. The van der Waals surface area contributed by atoms with E-state index in [0.717, 1.165) is 11.1 Å². The van der Waals surface area contributed by atoms with Crippen LogP contribution in [-0.4, -0.2) is 52.3 Å². The summed E-state index contributed by atoms with van der Waals surface area (Å²) in [5.41, 5.74) is 2.60. The monoisotopic (exact) mass is 691 g/mol. The number of fused-ring (bicyclic) bond motifs is 4. The number of phenolic OH excluding ortho intramolecular Hbond substituents is 1. The second kappa shape index (κ2) is 11.9. The van der Waals surface area contributed by atoms with Crippen molar-refractivity contribution in [2.45, 2.75) is 37.5 Å². The summed E-state index contributed by atoms with van der Waals surface area (Å²) in [6, 6.07) is 15.4. The molecule has 9 nitrogen and oxygen atoms in total. The first-order valence-corrected chi connectivity index (χ1v) is 16.6. The topological polar surface area (TPSA) is 116 Å². The fraction of sp³-hybridized carbons (Fsp3) is 0.333. The van der Waals surface area contributed by atoms with Crippen LogP contribution in [0, 0.1) is 29.5 Å². The number of aromatic hydroxyl groups is 1. The van der Waals surface area contributed by atoms with Crippen molar-refractivity contribution in [1.29, 1.82) is 0 Å². The van der Waals surface area contributed by atoms with Gasteiger partial charge in [0.25, 0.3) is 11.8 Å². The number of nitrogens with one attached hydrogen (secondary N) is 1. The number of allylic oxidation sites excluding steroid dienone is 2. The molecular weight excluding hydrogens is 660 g/mol. The third-order valence-electron chi connectivity index (χ3n) is 10.4. The van der Waals surface area contributed by atoms with Crippen molar-refractivity contribution >= 4 is 52.5 Å². The average Bonchev–Trinajstić information content (AvgIpc) is 3.44. The van der Waals surface area contributed by atoms with Crippen molar-refractivity contribution in [2.75, 3.05) is 19.1 Å². The fourth-order valence-corrected chi connectivity index (χ4v) is 8.91. The highest BCUT2D eigenvalue weighted by Crippen LogP contribution is 2.65. The molecule has 6 atom stereocenters. The fourth-order valence-electron chi connectivity index (χ4n) is 8.46. The van der Waals surface area contributed by atoms with Crippen LogP contribution in [0.2, 0.25) is 10.0 Å². The minimum atomic E-state index is -1.70. The zero-order valence-corrected chi connectivity index (χ0v) is 27.6. The summed E-state index contributed by atoms with van der Waals surface area (Å²) < 4.78 is 20.6. The van der Waals surface area contributed by atoms with Gasteiger partial charge in [0.05, 0.1) is 41.0 Å². The quantitative estimate of drug-likeness (QED) is 0.223. The summed E-state index contributed by atoms with van der Waals surface area (Å²) in [6.07, 6.45) is 2.72. The van der Waals surface area contributed by atoms with Crippen molar-refractivity contribution in [3.05, 3.63) is 99.3 Å². The average molecular weight is 693 g/mol. The molecule has 12 heteroatoms. The second-order valence-corrected chi connectivity index (χ2v) is 13.6. The molecule has 4 aliphatic rings. The lowest BCUT2D eigenvalue weighted by Crippen LogP contribution is -2.53. The molecule has 48 heavy (non-hydrogen) atoms. The Bertz CT molecular complexity index is 1900. The predicted molar refractivity (Wildman–Crippen MR) is 176 cm³/mol. The van der Waals surface area contributed by atoms with Crippen LogP contribution in [0.3, 0.4) is 0 Å². The first-order valence-electron chi connectivity index (χ1n) is 15.8. The Kier molecular flexibility index (Phi) is 7.99. The number of para-hydroxylation sites is 1. The van der Waals surface area contributed by atoms with Gasteiger partial charge in [-0.2, -0.15) is 5.01 Å². The summed E-state index contributed by atoms with van der Waals surface area (Å²) in [5.74, 6) is -7.07. The molecule has 0 spiro atoms. The number of methoxy groups -OCH3 is 1. The maximum Gasteiger partial charge on any atom is 0.260 e. The number of rotatable bonds is 7. The smallest absolute Gasteiger partial charge is 0.260 e.